The number of hydrogen-bond donors (Lipinski definition) is 0. The predicted octanol–water partition coefficient (Wildman–Crippen LogP) is 5.18. The molecule has 0 aromatic heterocycles. The molecule has 0 aliphatic rings. The molecule has 21 heavy (non-hydrogen) atoms. The Labute approximate surface area is 130 Å². The van der Waals surface area contributed by atoms with Crippen LogP contribution < -0.4 is 0 Å². The maximum atomic E-state index is 5.46. The molecule has 120 valence electrons. The molecule has 0 aliphatic carbocycles. The van der Waals surface area contributed by atoms with Gasteiger partial charge in [0.25, 0.3) is 0 Å². The summed E-state index contributed by atoms with van der Waals surface area (Å²) in [5.74, 6) is 0.495. The second kappa shape index (κ2) is 7.95. The van der Waals surface area contributed by atoms with E-state index >= 15 is 0 Å². The third-order valence-electron chi connectivity index (χ3n) is 4.80. The molecule has 0 saturated carbocycles. The Hall–Kier alpha value is -0.860. The minimum atomic E-state index is 0.200. The number of rotatable bonds is 8. The van der Waals surface area contributed by atoms with Crippen LogP contribution in [0, 0.1) is 0 Å². The summed E-state index contributed by atoms with van der Waals surface area (Å²) in [6.45, 7) is 12.7. The van der Waals surface area contributed by atoms with Gasteiger partial charge >= 0.3 is 0 Å². The zero-order valence-corrected chi connectivity index (χ0v) is 14.9. The van der Waals surface area contributed by atoms with E-state index in [9.17, 15) is 0 Å². The van der Waals surface area contributed by atoms with Crippen LogP contribution in [0.3, 0.4) is 0 Å². The van der Waals surface area contributed by atoms with Crippen molar-refractivity contribution in [1.29, 1.82) is 0 Å². The van der Waals surface area contributed by atoms with Crippen LogP contribution in [0.4, 0.5) is 0 Å². The van der Waals surface area contributed by atoms with E-state index in [-0.39, 0.29) is 5.41 Å². The lowest BCUT2D eigenvalue weighted by atomic mass is 9.74. The van der Waals surface area contributed by atoms with Crippen LogP contribution in [0.1, 0.15) is 75.6 Å². The van der Waals surface area contributed by atoms with E-state index in [2.05, 4.69) is 46.8 Å². The highest BCUT2D eigenvalue weighted by molar-refractivity contribution is 5.43. The van der Waals surface area contributed by atoms with E-state index in [4.69, 9.17) is 9.47 Å². The van der Waals surface area contributed by atoms with Gasteiger partial charge in [-0.1, -0.05) is 46.8 Å². The maximum Gasteiger partial charge on any atom is 0.0716 e. The summed E-state index contributed by atoms with van der Waals surface area (Å²) in [6, 6.07) is 4.70. The average Bonchev–Trinajstić information content (AvgIpc) is 2.47. The number of hydrogen-bond acceptors (Lipinski definition) is 2. The second-order valence-electron chi connectivity index (χ2n) is 6.50. The zero-order valence-electron chi connectivity index (χ0n) is 14.9. The van der Waals surface area contributed by atoms with Gasteiger partial charge in [0.2, 0.25) is 0 Å². The van der Waals surface area contributed by atoms with Crippen LogP contribution in [0.2, 0.25) is 0 Å². The smallest absolute Gasteiger partial charge is 0.0716 e. The number of benzene rings is 1. The standard InChI is InChI=1S/C19H32O2/c1-8-19(5,9-2)18-11-15(12-20-6)17(14(3)4)10-16(18)13-21-7/h10-11,14H,8-9,12-13H2,1-7H3. The van der Waals surface area contributed by atoms with Gasteiger partial charge < -0.3 is 9.47 Å². The molecular formula is C19H32O2. The van der Waals surface area contributed by atoms with E-state index in [0.717, 1.165) is 12.8 Å². The van der Waals surface area contributed by atoms with E-state index in [1.807, 2.05) is 0 Å². The van der Waals surface area contributed by atoms with Crippen molar-refractivity contribution in [1.82, 2.24) is 0 Å². The average molecular weight is 292 g/mol. The lowest BCUT2D eigenvalue weighted by Gasteiger charge is -2.31. The monoisotopic (exact) mass is 292 g/mol. The molecule has 1 aromatic carbocycles. The SMILES string of the molecule is CCC(C)(CC)c1cc(COC)c(C(C)C)cc1COC. The van der Waals surface area contributed by atoms with E-state index in [1.54, 1.807) is 14.2 Å². The lowest BCUT2D eigenvalue weighted by molar-refractivity contribution is 0.179. The maximum absolute atomic E-state index is 5.46. The summed E-state index contributed by atoms with van der Waals surface area (Å²) in [6.07, 6.45) is 2.27. The molecule has 0 atom stereocenters. The molecule has 0 N–H and O–H groups in total. The fourth-order valence-electron chi connectivity index (χ4n) is 2.99. The summed E-state index contributed by atoms with van der Waals surface area (Å²) in [5, 5.41) is 0. The van der Waals surface area contributed by atoms with Gasteiger partial charge in [-0.25, -0.2) is 0 Å². The highest BCUT2D eigenvalue weighted by Gasteiger charge is 2.26. The fraction of sp³-hybridized carbons (Fsp3) is 0.684. The van der Waals surface area contributed by atoms with Crippen molar-refractivity contribution in [3.63, 3.8) is 0 Å². The molecule has 0 amide bonds. The third-order valence-corrected chi connectivity index (χ3v) is 4.80. The van der Waals surface area contributed by atoms with Gasteiger partial charge in [-0.2, -0.15) is 0 Å². The van der Waals surface area contributed by atoms with E-state index in [0.29, 0.717) is 19.1 Å². The van der Waals surface area contributed by atoms with Crippen molar-refractivity contribution < 1.29 is 9.47 Å². The molecule has 0 spiro atoms. The molecule has 0 radical (unpaired) electrons. The van der Waals surface area contributed by atoms with Crippen LogP contribution in [-0.2, 0) is 28.1 Å². The Bertz CT molecular complexity index is 445. The Kier molecular flexibility index (Phi) is 6.89. The summed E-state index contributed by atoms with van der Waals surface area (Å²) >= 11 is 0. The normalized spacial score (nSPS) is 12.2. The quantitative estimate of drug-likeness (QED) is 0.657. The highest BCUT2D eigenvalue weighted by Crippen LogP contribution is 2.37. The van der Waals surface area contributed by atoms with Crippen LogP contribution in [0.15, 0.2) is 12.1 Å². The first-order chi connectivity index (χ1) is 9.93. The summed E-state index contributed by atoms with van der Waals surface area (Å²) in [7, 11) is 3.54. The van der Waals surface area contributed by atoms with E-state index < -0.39 is 0 Å². The molecular weight excluding hydrogens is 260 g/mol. The van der Waals surface area contributed by atoms with Gasteiger partial charge in [0, 0.05) is 14.2 Å². The molecule has 1 aromatic rings. The molecule has 1 rings (SSSR count). The van der Waals surface area contributed by atoms with Crippen LogP contribution in [0.25, 0.3) is 0 Å². The van der Waals surface area contributed by atoms with Crippen LogP contribution >= 0.6 is 0 Å². The van der Waals surface area contributed by atoms with Crippen LogP contribution in [0.5, 0.6) is 0 Å². The molecule has 0 saturated heterocycles. The Morgan fingerprint density at radius 1 is 0.952 bits per heavy atom. The molecule has 2 heteroatoms. The molecule has 0 aliphatic heterocycles. The topological polar surface area (TPSA) is 18.5 Å². The first kappa shape index (κ1) is 18.2. The highest BCUT2D eigenvalue weighted by atomic mass is 16.5. The van der Waals surface area contributed by atoms with Gasteiger partial charge in [-0.15, -0.1) is 0 Å². The summed E-state index contributed by atoms with van der Waals surface area (Å²) in [4.78, 5) is 0. The molecule has 0 heterocycles. The molecule has 2 nitrogen and oxygen atoms in total. The first-order valence-corrected chi connectivity index (χ1v) is 8.07. The Morgan fingerprint density at radius 3 is 1.90 bits per heavy atom. The number of ether oxygens (including phenoxy) is 2. The predicted molar refractivity (Wildman–Crippen MR) is 89.9 cm³/mol. The van der Waals surface area contributed by atoms with Crippen molar-refractivity contribution in [2.75, 3.05) is 14.2 Å². The zero-order chi connectivity index (χ0) is 16.0. The van der Waals surface area contributed by atoms with E-state index in [1.165, 1.54) is 22.3 Å². The van der Waals surface area contributed by atoms with Gasteiger partial charge in [-0.05, 0) is 46.4 Å². The van der Waals surface area contributed by atoms with Crippen molar-refractivity contribution in [2.45, 2.75) is 72.0 Å². The second-order valence-corrected chi connectivity index (χ2v) is 6.50. The molecule has 0 fully saturated rings. The molecule has 0 bridgehead atoms. The largest absolute Gasteiger partial charge is 0.380 e. The van der Waals surface area contributed by atoms with Gasteiger partial charge in [0.15, 0.2) is 0 Å². The molecule has 0 unspecified atom stereocenters. The van der Waals surface area contributed by atoms with Gasteiger partial charge in [0.1, 0.15) is 0 Å². The Balaban J connectivity index is 3.49. The third kappa shape index (κ3) is 4.08. The minimum Gasteiger partial charge on any atom is -0.380 e. The Morgan fingerprint density at radius 2 is 1.48 bits per heavy atom. The lowest BCUT2D eigenvalue weighted by Crippen LogP contribution is -2.23. The number of methoxy groups -OCH3 is 2. The summed E-state index contributed by atoms with van der Waals surface area (Å²) in [5.41, 5.74) is 5.64. The van der Waals surface area contributed by atoms with Crippen molar-refractivity contribution in [3.8, 4) is 0 Å². The van der Waals surface area contributed by atoms with Crippen molar-refractivity contribution >= 4 is 0 Å². The first-order valence-electron chi connectivity index (χ1n) is 8.07. The van der Waals surface area contributed by atoms with Crippen molar-refractivity contribution in [3.05, 3.63) is 34.4 Å². The van der Waals surface area contributed by atoms with Crippen LogP contribution in [-0.4, -0.2) is 14.2 Å². The van der Waals surface area contributed by atoms with Gasteiger partial charge in [-0.3, -0.25) is 0 Å². The van der Waals surface area contributed by atoms with Crippen molar-refractivity contribution in [2.24, 2.45) is 0 Å². The minimum absolute atomic E-state index is 0.200. The van der Waals surface area contributed by atoms with Gasteiger partial charge in [0.05, 0.1) is 13.2 Å². The summed E-state index contributed by atoms with van der Waals surface area (Å²) < 4.78 is 10.9. The fourth-order valence-corrected chi connectivity index (χ4v) is 2.99.